The molecule has 1 aromatic heterocycles. The van der Waals surface area contributed by atoms with Crippen LogP contribution in [-0.2, 0) is 11.5 Å². The zero-order chi connectivity index (χ0) is 18.7. The number of alkyl halides is 1. The predicted molar refractivity (Wildman–Crippen MR) is 122 cm³/mol. The summed E-state index contributed by atoms with van der Waals surface area (Å²) in [5.74, 6) is 0. The molecule has 3 rings (SSSR count). The molecular weight excluding hydrogens is 455 g/mol. The van der Waals surface area contributed by atoms with Crippen LogP contribution in [0.2, 0.25) is 5.02 Å². The molecule has 0 unspecified atom stereocenters. The molecular formula is C22H24ClIN2. The van der Waals surface area contributed by atoms with Gasteiger partial charge in [0.2, 0.25) is 0 Å². The molecule has 0 aliphatic heterocycles. The molecule has 0 saturated heterocycles. The second kappa shape index (κ2) is 8.57. The Bertz CT molecular complexity index is 956. The minimum Gasteiger partial charge on any atom is -0.267 e. The van der Waals surface area contributed by atoms with Gasteiger partial charge in [0, 0.05) is 33.0 Å². The zero-order valence-corrected chi connectivity index (χ0v) is 18.4. The number of hydrogen-bond acceptors (Lipinski definition) is 1. The van der Waals surface area contributed by atoms with Crippen molar-refractivity contribution in [3.8, 4) is 11.1 Å². The van der Waals surface area contributed by atoms with Crippen LogP contribution in [-0.4, -0.2) is 9.78 Å². The molecule has 0 spiro atoms. The lowest BCUT2D eigenvalue weighted by Crippen LogP contribution is -1.98. The van der Waals surface area contributed by atoms with Gasteiger partial charge in [-0.05, 0) is 30.0 Å². The molecule has 136 valence electrons. The van der Waals surface area contributed by atoms with Crippen molar-refractivity contribution in [1.82, 2.24) is 9.78 Å². The van der Waals surface area contributed by atoms with Crippen molar-refractivity contribution in [2.24, 2.45) is 7.05 Å². The fourth-order valence-corrected chi connectivity index (χ4v) is 4.29. The lowest BCUT2D eigenvalue weighted by Gasteiger charge is -2.09. The third kappa shape index (κ3) is 3.70. The quantitative estimate of drug-likeness (QED) is 0.266. The topological polar surface area (TPSA) is 17.8 Å². The third-order valence-electron chi connectivity index (χ3n) is 4.62. The summed E-state index contributed by atoms with van der Waals surface area (Å²) in [4.78, 5) is 0. The molecule has 0 aliphatic carbocycles. The Labute approximate surface area is 174 Å². The monoisotopic (exact) mass is 478 g/mol. The summed E-state index contributed by atoms with van der Waals surface area (Å²) in [6, 6.07) is 12.7. The Morgan fingerprint density at radius 2 is 2.00 bits per heavy atom. The van der Waals surface area contributed by atoms with E-state index >= 15 is 0 Å². The molecule has 4 heteroatoms. The highest BCUT2D eigenvalue weighted by atomic mass is 127. The molecule has 26 heavy (non-hydrogen) atoms. The molecule has 0 saturated carbocycles. The molecule has 0 N–H and O–H groups in total. The van der Waals surface area contributed by atoms with Crippen LogP contribution in [0.1, 0.15) is 44.4 Å². The van der Waals surface area contributed by atoms with E-state index < -0.39 is 0 Å². The summed E-state index contributed by atoms with van der Waals surface area (Å²) in [6.07, 6.45) is 5.56. The minimum absolute atomic E-state index is 0.789. The molecule has 0 bridgehead atoms. The number of nitrogens with zero attached hydrogens (tertiary/aromatic N) is 2. The predicted octanol–water partition coefficient (Wildman–Crippen LogP) is 7.42. The summed E-state index contributed by atoms with van der Waals surface area (Å²) in [5.41, 5.74) is 7.01. The van der Waals surface area contributed by atoms with Crippen LogP contribution in [0.4, 0.5) is 0 Å². The first-order chi connectivity index (χ1) is 12.6. The van der Waals surface area contributed by atoms with Crippen LogP contribution in [0.5, 0.6) is 0 Å². The molecule has 0 radical (unpaired) electrons. The van der Waals surface area contributed by atoms with E-state index in [2.05, 4.69) is 78.9 Å². The van der Waals surface area contributed by atoms with Crippen molar-refractivity contribution in [3.05, 3.63) is 58.8 Å². The van der Waals surface area contributed by atoms with Gasteiger partial charge in [-0.1, -0.05) is 90.9 Å². The molecule has 2 nitrogen and oxygen atoms in total. The van der Waals surface area contributed by atoms with Gasteiger partial charge in [0.1, 0.15) is 5.52 Å². The molecule has 2 aromatic carbocycles. The van der Waals surface area contributed by atoms with E-state index in [0.717, 1.165) is 45.4 Å². The second-order valence-corrected chi connectivity index (χ2v) is 7.68. The van der Waals surface area contributed by atoms with E-state index in [0.29, 0.717) is 0 Å². The summed E-state index contributed by atoms with van der Waals surface area (Å²) in [5, 5.41) is 6.86. The Kier molecular flexibility index (Phi) is 6.41. The summed E-state index contributed by atoms with van der Waals surface area (Å²) < 4.78 is 2.98. The van der Waals surface area contributed by atoms with Gasteiger partial charge in [-0.3, -0.25) is 4.68 Å². The Morgan fingerprint density at radius 1 is 1.19 bits per heavy atom. The molecule has 0 fully saturated rings. The van der Waals surface area contributed by atoms with E-state index in [-0.39, 0.29) is 0 Å². The van der Waals surface area contributed by atoms with Crippen LogP contribution in [0, 0.1) is 0 Å². The maximum Gasteiger partial charge on any atom is 0.101 e. The first-order valence-electron chi connectivity index (χ1n) is 9.10. The van der Waals surface area contributed by atoms with Gasteiger partial charge in [-0.2, -0.15) is 5.10 Å². The fourth-order valence-electron chi connectivity index (χ4n) is 3.51. The molecule has 0 atom stereocenters. The normalized spacial score (nSPS) is 12.1. The van der Waals surface area contributed by atoms with Crippen LogP contribution in [0.25, 0.3) is 27.6 Å². The van der Waals surface area contributed by atoms with Gasteiger partial charge in [0.05, 0.1) is 5.69 Å². The van der Waals surface area contributed by atoms with E-state index in [1.165, 1.54) is 22.2 Å². The smallest absolute Gasteiger partial charge is 0.101 e. The van der Waals surface area contributed by atoms with Crippen LogP contribution in [0.15, 0.2) is 42.5 Å². The SMILES string of the molecule is CCC=C(CCC)c1c2cccc(-c3ccc(CI)cc3Cl)c2nn1C. The van der Waals surface area contributed by atoms with Crippen molar-refractivity contribution in [3.63, 3.8) is 0 Å². The van der Waals surface area contributed by atoms with Gasteiger partial charge in [-0.25, -0.2) is 0 Å². The van der Waals surface area contributed by atoms with Gasteiger partial charge in [0.15, 0.2) is 0 Å². The van der Waals surface area contributed by atoms with E-state index in [1.807, 2.05) is 11.7 Å². The maximum absolute atomic E-state index is 6.60. The molecule has 0 aliphatic rings. The second-order valence-electron chi connectivity index (χ2n) is 6.51. The minimum atomic E-state index is 0.789. The van der Waals surface area contributed by atoms with Crippen molar-refractivity contribution in [2.75, 3.05) is 0 Å². The number of benzene rings is 2. The molecule has 0 amide bonds. The van der Waals surface area contributed by atoms with Gasteiger partial charge in [0.25, 0.3) is 0 Å². The summed E-state index contributed by atoms with van der Waals surface area (Å²) in [6.45, 7) is 4.41. The number of allylic oxidation sites excluding steroid dienone is 2. The van der Waals surface area contributed by atoms with E-state index in [1.54, 1.807) is 0 Å². The average molecular weight is 479 g/mol. The standard InChI is InChI=1S/C22H24ClIN2/c1-4-7-16(8-5-2)22-19-10-6-9-18(21(19)25-26(22)3)17-12-11-15(14-24)13-20(17)23/h6-7,9-13H,4-5,8,14H2,1-3H3. The first-order valence-corrected chi connectivity index (χ1v) is 11.0. The van der Waals surface area contributed by atoms with Gasteiger partial charge >= 0.3 is 0 Å². The Balaban J connectivity index is 2.22. The largest absolute Gasteiger partial charge is 0.267 e. The number of hydrogen-bond donors (Lipinski definition) is 0. The first kappa shape index (κ1) is 19.4. The van der Waals surface area contributed by atoms with E-state index in [4.69, 9.17) is 16.7 Å². The Hall–Kier alpha value is -1.33. The zero-order valence-electron chi connectivity index (χ0n) is 15.5. The van der Waals surface area contributed by atoms with Crippen LogP contribution in [0.3, 0.4) is 0 Å². The lowest BCUT2D eigenvalue weighted by molar-refractivity contribution is 0.760. The average Bonchev–Trinajstić information content (AvgIpc) is 2.97. The Morgan fingerprint density at radius 3 is 2.65 bits per heavy atom. The number of rotatable bonds is 6. The highest BCUT2D eigenvalue weighted by molar-refractivity contribution is 14.1. The number of aromatic nitrogens is 2. The lowest BCUT2D eigenvalue weighted by atomic mass is 9.98. The highest BCUT2D eigenvalue weighted by Crippen LogP contribution is 2.37. The third-order valence-corrected chi connectivity index (χ3v) is 5.81. The van der Waals surface area contributed by atoms with E-state index in [9.17, 15) is 0 Å². The number of aryl methyl sites for hydroxylation is 1. The molecule has 1 heterocycles. The fraction of sp³-hybridized carbons (Fsp3) is 0.318. The number of fused-ring (bicyclic) bond motifs is 1. The van der Waals surface area contributed by atoms with Crippen molar-refractivity contribution < 1.29 is 0 Å². The molecule has 3 aromatic rings. The maximum atomic E-state index is 6.60. The van der Waals surface area contributed by atoms with Gasteiger partial charge < -0.3 is 0 Å². The summed E-state index contributed by atoms with van der Waals surface area (Å²) >= 11 is 8.96. The van der Waals surface area contributed by atoms with Gasteiger partial charge in [-0.15, -0.1) is 0 Å². The highest BCUT2D eigenvalue weighted by Gasteiger charge is 2.17. The van der Waals surface area contributed by atoms with Crippen LogP contribution >= 0.6 is 34.2 Å². The van der Waals surface area contributed by atoms with Crippen molar-refractivity contribution in [1.29, 1.82) is 0 Å². The van der Waals surface area contributed by atoms with Crippen LogP contribution < -0.4 is 0 Å². The van der Waals surface area contributed by atoms with Crippen molar-refractivity contribution >= 4 is 50.7 Å². The number of halogens is 2. The summed E-state index contributed by atoms with van der Waals surface area (Å²) in [7, 11) is 2.04. The van der Waals surface area contributed by atoms with Crippen molar-refractivity contribution in [2.45, 2.75) is 37.5 Å².